The zero-order valence-electron chi connectivity index (χ0n) is 11.5. The van der Waals surface area contributed by atoms with Crippen LogP contribution in [0.25, 0.3) is 0 Å². The summed E-state index contributed by atoms with van der Waals surface area (Å²) in [4.78, 5) is 14.0. The van der Waals surface area contributed by atoms with Crippen LogP contribution in [0.4, 0.5) is 4.79 Å². The lowest BCUT2D eigenvalue weighted by atomic mass is 9.89. The predicted octanol–water partition coefficient (Wildman–Crippen LogP) is 3.81. The summed E-state index contributed by atoms with van der Waals surface area (Å²) in [6.07, 6.45) is 1.93. The minimum atomic E-state index is -0.414. The van der Waals surface area contributed by atoms with E-state index in [4.69, 9.17) is 4.74 Å². The number of ether oxygens (including phenoxy) is 1. The molecule has 4 heteroatoms. The molecule has 0 N–H and O–H groups in total. The first-order chi connectivity index (χ1) is 7.74. The fourth-order valence-corrected chi connectivity index (χ4v) is 3.05. The first-order valence-corrected chi connectivity index (χ1v) is 7.44. The molecule has 17 heavy (non-hydrogen) atoms. The molecule has 1 amide bonds. The summed E-state index contributed by atoms with van der Waals surface area (Å²) in [7, 11) is 0. The number of hydrogen-bond acceptors (Lipinski definition) is 2. The summed E-state index contributed by atoms with van der Waals surface area (Å²) in [6.45, 7) is 9.94. The van der Waals surface area contributed by atoms with Crippen molar-refractivity contribution in [3.8, 4) is 0 Å². The van der Waals surface area contributed by atoms with Crippen LogP contribution in [0.5, 0.6) is 0 Å². The standard InChI is InChI=1S/C13H24BrNO2/c1-9-6-11(8-14)7-10(2)15(9)12(16)17-13(3,4)5/h9-11H,6-8H2,1-5H3/t9-,10+,11?. The van der Waals surface area contributed by atoms with Gasteiger partial charge >= 0.3 is 6.09 Å². The summed E-state index contributed by atoms with van der Waals surface area (Å²) in [5.74, 6) is 0.665. The number of nitrogens with zero attached hydrogens (tertiary/aromatic N) is 1. The van der Waals surface area contributed by atoms with E-state index in [1.807, 2.05) is 25.7 Å². The normalized spacial score (nSPS) is 30.2. The molecule has 3 atom stereocenters. The number of alkyl halides is 1. The molecule has 1 heterocycles. The van der Waals surface area contributed by atoms with Gasteiger partial charge < -0.3 is 9.64 Å². The van der Waals surface area contributed by atoms with Crippen molar-refractivity contribution in [3.05, 3.63) is 0 Å². The molecule has 1 aliphatic rings. The number of carbonyl (C=O) groups is 1. The van der Waals surface area contributed by atoms with Gasteiger partial charge in [0.05, 0.1) is 0 Å². The second-order valence-corrected chi connectivity index (χ2v) is 6.72. The van der Waals surface area contributed by atoms with Crippen LogP contribution in [-0.2, 0) is 4.74 Å². The Labute approximate surface area is 113 Å². The van der Waals surface area contributed by atoms with Crippen molar-refractivity contribution in [2.45, 2.75) is 65.1 Å². The van der Waals surface area contributed by atoms with Crippen LogP contribution < -0.4 is 0 Å². The lowest BCUT2D eigenvalue weighted by Crippen LogP contribution is -2.51. The Morgan fingerprint density at radius 2 is 1.76 bits per heavy atom. The van der Waals surface area contributed by atoms with E-state index in [-0.39, 0.29) is 18.2 Å². The lowest BCUT2D eigenvalue weighted by molar-refractivity contribution is -0.00555. The van der Waals surface area contributed by atoms with Gasteiger partial charge in [0.2, 0.25) is 0 Å². The number of carbonyl (C=O) groups excluding carboxylic acids is 1. The Balaban J connectivity index is 2.67. The molecule has 1 unspecified atom stereocenters. The molecule has 1 saturated heterocycles. The van der Waals surface area contributed by atoms with Gasteiger partial charge in [0.15, 0.2) is 0 Å². The molecule has 1 aliphatic heterocycles. The third-order valence-corrected chi connectivity index (χ3v) is 4.04. The Hall–Kier alpha value is -0.250. The minimum Gasteiger partial charge on any atom is -0.444 e. The number of amides is 1. The van der Waals surface area contributed by atoms with Crippen LogP contribution in [-0.4, -0.2) is 34.0 Å². The van der Waals surface area contributed by atoms with Crippen molar-refractivity contribution in [2.24, 2.45) is 5.92 Å². The van der Waals surface area contributed by atoms with Crippen LogP contribution in [0.15, 0.2) is 0 Å². The topological polar surface area (TPSA) is 29.5 Å². The van der Waals surface area contributed by atoms with Crippen molar-refractivity contribution in [3.63, 3.8) is 0 Å². The fourth-order valence-electron chi connectivity index (χ4n) is 2.52. The Bertz CT molecular complexity index is 263. The van der Waals surface area contributed by atoms with Crippen molar-refractivity contribution in [1.29, 1.82) is 0 Å². The van der Waals surface area contributed by atoms with Crippen molar-refractivity contribution >= 4 is 22.0 Å². The maximum atomic E-state index is 12.1. The van der Waals surface area contributed by atoms with E-state index in [1.54, 1.807) is 0 Å². The van der Waals surface area contributed by atoms with E-state index in [1.165, 1.54) is 0 Å². The van der Waals surface area contributed by atoms with Gasteiger partial charge in [-0.1, -0.05) is 15.9 Å². The van der Waals surface area contributed by atoms with Crippen LogP contribution in [0.1, 0.15) is 47.5 Å². The summed E-state index contributed by atoms with van der Waals surface area (Å²) in [5.41, 5.74) is -0.414. The van der Waals surface area contributed by atoms with E-state index in [0.717, 1.165) is 18.2 Å². The number of hydrogen-bond donors (Lipinski definition) is 0. The van der Waals surface area contributed by atoms with E-state index in [9.17, 15) is 4.79 Å². The summed E-state index contributed by atoms with van der Waals surface area (Å²) >= 11 is 3.54. The van der Waals surface area contributed by atoms with Crippen LogP contribution >= 0.6 is 15.9 Å². The van der Waals surface area contributed by atoms with Gasteiger partial charge in [-0.3, -0.25) is 0 Å². The van der Waals surface area contributed by atoms with Crippen LogP contribution in [0.3, 0.4) is 0 Å². The Morgan fingerprint density at radius 1 is 1.29 bits per heavy atom. The average Bonchev–Trinajstić information content (AvgIpc) is 2.13. The highest BCUT2D eigenvalue weighted by atomic mass is 79.9. The lowest BCUT2D eigenvalue weighted by Gasteiger charge is -2.42. The van der Waals surface area contributed by atoms with Crippen LogP contribution in [0, 0.1) is 5.92 Å². The zero-order valence-corrected chi connectivity index (χ0v) is 13.1. The summed E-state index contributed by atoms with van der Waals surface area (Å²) in [5, 5.41) is 1.02. The Morgan fingerprint density at radius 3 is 2.12 bits per heavy atom. The van der Waals surface area contributed by atoms with Crippen molar-refractivity contribution < 1.29 is 9.53 Å². The second-order valence-electron chi connectivity index (χ2n) is 6.08. The number of likely N-dealkylation sites (tertiary alicyclic amines) is 1. The molecular formula is C13H24BrNO2. The third kappa shape index (κ3) is 4.16. The van der Waals surface area contributed by atoms with E-state index < -0.39 is 5.60 Å². The zero-order chi connectivity index (χ0) is 13.2. The molecule has 1 rings (SSSR count). The molecule has 1 fully saturated rings. The molecule has 3 nitrogen and oxygen atoms in total. The van der Waals surface area contributed by atoms with Gasteiger partial charge in [-0.2, -0.15) is 0 Å². The molecule has 100 valence electrons. The van der Waals surface area contributed by atoms with Gasteiger partial charge in [-0.15, -0.1) is 0 Å². The fraction of sp³-hybridized carbons (Fsp3) is 0.923. The molecule has 0 radical (unpaired) electrons. The Kier molecular flexibility index (Phi) is 4.87. The minimum absolute atomic E-state index is 0.175. The van der Waals surface area contributed by atoms with Crippen LogP contribution in [0.2, 0.25) is 0 Å². The number of halogens is 1. The summed E-state index contributed by atoms with van der Waals surface area (Å²) in [6, 6.07) is 0.521. The van der Waals surface area contributed by atoms with Crippen molar-refractivity contribution in [1.82, 2.24) is 4.90 Å². The number of rotatable bonds is 1. The molecular weight excluding hydrogens is 282 g/mol. The monoisotopic (exact) mass is 305 g/mol. The van der Waals surface area contributed by atoms with E-state index in [2.05, 4.69) is 29.8 Å². The molecule has 0 spiro atoms. The smallest absolute Gasteiger partial charge is 0.410 e. The molecule has 0 aromatic carbocycles. The van der Waals surface area contributed by atoms with Gasteiger partial charge in [0.1, 0.15) is 5.60 Å². The van der Waals surface area contributed by atoms with Gasteiger partial charge in [-0.05, 0) is 53.4 Å². The second kappa shape index (κ2) is 5.59. The number of piperidine rings is 1. The highest BCUT2D eigenvalue weighted by Crippen LogP contribution is 2.30. The van der Waals surface area contributed by atoms with Crippen molar-refractivity contribution in [2.75, 3.05) is 5.33 Å². The highest BCUT2D eigenvalue weighted by Gasteiger charge is 2.35. The summed E-state index contributed by atoms with van der Waals surface area (Å²) < 4.78 is 5.46. The molecule has 0 aliphatic carbocycles. The molecule has 0 bridgehead atoms. The van der Waals surface area contributed by atoms with Gasteiger partial charge in [0, 0.05) is 17.4 Å². The first-order valence-electron chi connectivity index (χ1n) is 6.32. The largest absolute Gasteiger partial charge is 0.444 e. The van der Waals surface area contributed by atoms with E-state index in [0.29, 0.717) is 5.92 Å². The maximum Gasteiger partial charge on any atom is 0.410 e. The first kappa shape index (κ1) is 14.8. The average molecular weight is 306 g/mol. The molecule has 0 aromatic rings. The van der Waals surface area contributed by atoms with E-state index >= 15 is 0 Å². The molecule has 0 aromatic heterocycles. The molecule has 0 saturated carbocycles. The highest BCUT2D eigenvalue weighted by molar-refractivity contribution is 9.09. The quantitative estimate of drug-likeness (QED) is 0.690. The van der Waals surface area contributed by atoms with Gasteiger partial charge in [0.25, 0.3) is 0 Å². The predicted molar refractivity (Wildman–Crippen MR) is 73.5 cm³/mol. The van der Waals surface area contributed by atoms with Gasteiger partial charge in [-0.25, -0.2) is 4.79 Å². The SMILES string of the molecule is C[C@@H]1CC(CBr)C[C@H](C)N1C(=O)OC(C)(C)C. The maximum absolute atomic E-state index is 12.1. The third-order valence-electron chi connectivity index (χ3n) is 3.12.